The lowest BCUT2D eigenvalue weighted by molar-refractivity contribution is -0.385. The van der Waals surface area contributed by atoms with Gasteiger partial charge < -0.3 is 14.0 Å². The molecule has 4 rings (SSSR count). The lowest BCUT2D eigenvalue weighted by Gasteiger charge is -2.10. The summed E-state index contributed by atoms with van der Waals surface area (Å²) in [5.41, 5.74) is -0.0733. The van der Waals surface area contributed by atoms with E-state index >= 15 is 0 Å². The van der Waals surface area contributed by atoms with Crippen LogP contribution in [-0.2, 0) is 17.8 Å². The van der Waals surface area contributed by atoms with E-state index in [0.717, 1.165) is 0 Å². The van der Waals surface area contributed by atoms with Crippen molar-refractivity contribution in [3.05, 3.63) is 78.4 Å². The molecule has 0 atom stereocenters. The molecule has 0 amide bonds. The average molecular weight is 514 g/mol. The number of ether oxygens (including phenoxy) is 2. The summed E-state index contributed by atoms with van der Waals surface area (Å²) in [4.78, 5) is 43.2. The number of halogens is 1. The molecule has 11 nitrogen and oxygen atoms in total. The number of methoxy groups -OCH3 is 1. The fourth-order valence-electron chi connectivity index (χ4n) is 3.85. The minimum atomic E-state index is -0.568. The summed E-state index contributed by atoms with van der Waals surface area (Å²) < 4.78 is 14.1. The normalized spacial score (nSPS) is 11.4. The van der Waals surface area contributed by atoms with Crippen molar-refractivity contribution in [2.45, 2.75) is 26.9 Å². The number of H-pyrrole nitrogens is 1. The maximum atomic E-state index is 12.8. The van der Waals surface area contributed by atoms with Crippen molar-refractivity contribution >= 4 is 28.5 Å². The van der Waals surface area contributed by atoms with Crippen LogP contribution in [-0.4, -0.2) is 37.7 Å². The zero-order valence-electron chi connectivity index (χ0n) is 19.9. The number of nitrogens with one attached hydrogen (secondary N) is 1. The van der Waals surface area contributed by atoms with Gasteiger partial charge >= 0.3 is 11.4 Å². The van der Waals surface area contributed by atoms with Gasteiger partial charge in [0.1, 0.15) is 11.6 Å². The van der Waals surface area contributed by atoms with Crippen molar-refractivity contribution in [1.82, 2.24) is 19.1 Å². The first kappa shape index (κ1) is 25.1. The molecular weight excluding hydrogens is 490 g/mol. The van der Waals surface area contributed by atoms with E-state index < -0.39 is 16.2 Å². The summed E-state index contributed by atoms with van der Waals surface area (Å²) in [6, 6.07) is 10.9. The maximum Gasteiger partial charge on any atom is 0.330 e. The second kappa shape index (κ2) is 10.3. The van der Waals surface area contributed by atoms with Crippen LogP contribution in [0.5, 0.6) is 11.5 Å². The summed E-state index contributed by atoms with van der Waals surface area (Å²) in [6.45, 7) is 4.98. The molecular formula is C24H24ClN5O6. The van der Waals surface area contributed by atoms with Gasteiger partial charge in [0, 0.05) is 36.9 Å². The van der Waals surface area contributed by atoms with Crippen molar-refractivity contribution in [3.8, 4) is 22.9 Å². The summed E-state index contributed by atoms with van der Waals surface area (Å²) in [6.07, 6.45) is 0. The minimum Gasteiger partial charge on any atom is -0.450 e. The minimum absolute atomic E-state index is 0.0497. The molecule has 4 aromatic rings. The Morgan fingerprint density at radius 1 is 1.14 bits per heavy atom. The van der Waals surface area contributed by atoms with Crippen molar-refractivity contribution in [2.75, 3.05) is 13.7 Å². The van der Waals surface area contributed by atoms with E-state index in [4.69, 9.17) is 21.1 Å². The smallest absolute Gasteiger partial charge is 0.330 e. The highest BCUT2D eigenvalue weighted by Crippen LogP contribution is 2.34. The molecule has 0 unspecified atom stereocenters. The second-order valence-corrected chi connectivity index (χ2v) is 8.95. The van der Waals surface area contributed by atoms with Gasteiger partial charge in [0.25, 0.3) is 5.56 Å². The van der Waals surface area contributed by atoms with Crippen LogP contribution >= 0.6 is 11.6 Å². The summed E-state index contributed by atoms with van der Waals surface area (Å²) in [5, 5.41) is 11.6. The van der Waals surface area contributed by atoms with Crippen LogP contribution in [0.15, 0.2) is 52.1 Å². The van der Waals surface area contributed by atoms with Crippen LogP contribution in [0.3, 0.4) is 0 Å². The Morgan fingerprint density at radius 3 is 2.50 bits per heavy atom. The number of aromatic amines is 1. The third kappa shape index (κ3) is 5.02. The summed E-state index contributed by atoms with van der Waals surface area (Å²) in [5.74, 6) is 1.03. The molecule has 12 heteroatoms. The number of aromatic nitrogens is 4. The van der Waals surface area contributed by atoms with Crippen LogP contribution in [0.2, 0.25) is 5.02 Å². The third-order valence-corrected chi connectivity index (χ3v) is 5.65. The fraction of sp³-hybridized carbons (Fsp3) is 0.292. The molecule has 0 spiro atoms. The van der Waals surface area contributed by atoms with Gasteiger partial charge in [0.15, 0.2) is 11.2 Å². The largest absolute Gasteiger partial charge is 0.450 e. The van der Waals surface area contributed by atoms with Gasteiger partial charge in [-0.15, -0.1) is 0 Å². The van der Waals surface area contributed by atoms with E-state index in [1.807, 2.05) is 13.8 Å². The average Bonchev–Trinajstić information content (AvgIpc) is 3.21. The Hall–Kier alpha value is -3.96. The molecule has 0 saturated carbocycles. The second-order valence-electron chi connectivity index (χ2n) is 8.51. The SMILES string of the molecule is COCCn1c(-c2ccc(Oc3ccc(Cl)cc3[N+](=O)[O-])cc2)nc2c1c(=O)[nH]c(=O)n2CC(C)C. The number of nitrogens with zero attached hydrogens (tertiary/aromatic N) is 4. The van der Waals surface area contributed by atoms with Crippen molar-refractivity contribution < 1.29 is 14.4 Å². The van der Waals surface area contributed by atoms with Gasteiger partial charge in [-0.05, 0) is 42.3 Å². The molecule has 188 valence electrons. The van der Waals surface area contributed by atoms with Gasteiger partial charge in [-0.3, -0.25) is 24.5 Å². The number of benzene rings is 2. The highest BCUT2D eigenvalue weighted by atomic mass is 35.5. The number of rotatable bonds is 9. The summed E-state index contributed by atoms with van der Waals surface area (Å²) >= 11 is 5.87. The molecule has 0 radical (unpaired) electrons. The molecule has 0 bridgehead atoms. The van der Waals surface area contributed by atoms with Crippen LogP contribution in [0.25, 0.3) is 22.6 Å². The number of hydrogen-bond donors (Lipinski definition) is 1. The molecule has 2 aromatic carbocycles. The molecule has 0 aliphatic carbocycles. The first-order valence-corrected chi connectivity index (χ1v) is 11.5. The van der Waals surface area contributed by atoms with E-state index in [1.54, 1.807) is 35.9 Å². The van der Waals surface area contributed by atoms with E-state index in [1.165, 1.54) is 22.8 Å². The predicted octanol–water partition coefficient (Wildman–Crippen LogP) is 4.21. The summed E-state index contributed by atoms with van der Waals surface area (Å²) in [7, 11) is 1.56. The molecule has 1 N–H and O–H groups in total. The van der Waals surface area contributed by atoms with Gasteiger partial charge in [0.2, 0.25) is 5.75 Å². The lowest BCUT2D eigenvalue weighted by atomic mass is 10.2. The topological polar surface area (TPSA) is 134 Å². The Labute approximate surface area is 210 Å². The Kier molecular flexibility index (Phi) is 7.22. The maximum absolute atomic E-state index is 12.8. The van der Waals surface area contributed by atoms with Crippen LogP contribution in [0, 0.1) is 16.0 Å². The number of imidazole rings is 1. The molecule has 0 fully saturated rings. The Balaban J connectivity index is 1.78. The zero-order valence-corrected chi connectivity index (χ0v) is 20.6. The van der Waals surface area contributed by atoms with Crippen LogP contribution in [0.1, 0.15) is 13.8 Å². The molecule has 0 aliphatic rings. The standard InChI is InChI=1S/C24H24ClN5O6/c1-14(2)13-29-22-20(23(31)27-24(29)32)28(10-11-35-3)21(26-22)15-4-7-17(8-5-15)36-19-9-6-16(25)12-18(19)30(33)34/h4-9,12,14H,10-11,13H2,1-3H3,(H,27,31,32). The monoisotopic (exact) mass is 513 g/mol. The molecule has 36 heavy (non-hydrogen) atoms. The van der Waals surface area contributed by atoms with Gasteiger partial charge in [0.05, 0.1) is 11.5 Å². The highest BCUT2D eigenvalue weighted by molar-refractivity contribution is 6.30. The highest BCUT2D eigenvalue weighted by Gasteiger charge is 2.21. The van der Waals surface area contributed by atoms with E-state index in [-0.39, 0.29) is 27.9 Å². The number of fused-ring (bicyclic) bond motifs is 1. The number of nitro groups is 1. The molecule has 0 aliphatic heterocycles. The first-order valence-electron chi connectivity index (χ1n) is 11.1. The van der Waals surface area contributed by atoms with Crippen LogP contribution in [0.4, 0.5) is 5.69 Å². The quantitative estimate of drug-likeness (QED) is 0.261. The van der Waals surface area contributed by atoms with Gasteiger partial charge in [-0.1, -0.05) is 25.4 Å². The van der Waals surface area contributed by atoms with Crippen molar-refractivity contribution in [3.63, 3.8) is 0 Å². The third-order valence-electron chi connectivity index (χ3n) is 5.41. The van der Waals surface area contributed by atoms with Crippen LogP contribution < -0.4 is 16.0 Å². The first-order chi connectivity index (χ1) is 17.2. The zero-order chi connectivity index (χ0) is 26.0. The predicted molar refractivity (Wildman–Crippen MR) is 135 cm³/mol. The lowest BCUT2D eigenvalue weighted by Crippen LogP contribution is -2.32. The number of hydrogen-bond acceptors (Lipinski definition) is 7. The van der Waals surface area contributed by atoms with Crippen molar-refractivity contribution in [2.24, 2.45) is 5.92 Å². The van der Waals surface area contributed by atoms with Crippen molar-refractivity contribution in [1.29, 1.82) is 0 Å². The molecule has 0 saturated heterocycles. The van der Waals surface area contributed by atoms with Gasteiger partial charge in [-0.2, -0.15) is 0 Å². The Morgan fingerprint density at radius 2 is 1.86 bits per heavy atom. The Bertz CT molecular complexity index is 1540. The molecule has 2 heterocycles. The van der Waals surface area contributed by atoms with E-state index in [0.29, 0.717) is 42.5 Å². The fourth-order valence-corrected chi connectivity index (χ4v) is 4.01. The van der Waals surface area contributed by atoms with E-state index in [2.05, 4.69) is 9.97 Å². The van der Waals surface area contributed by atoms with Gasteiger partial charge in [-0.25, -0.2) is 9.78 Å². The number of nitro benzene ring substituents is 1. The molecule has 2 aromatic heterocycles. The van der Waals surface area contributed by atoms with E-state index in [9.17, 15) is 19.7 Å².